The fraction of sp³-hybridized carbons (Fsp3) is 0.429. The van der Waals surface area contributed by atoms with Gasteiger partial charge in [0.15, 0.2) is 5.82 Å². The molecule has 2 atom stereocenters. The standard InChI is InChI=1S/C14H15Cl2N5O/c15-8-5-9(16)7-10(6-8)17-14(22)12-4-2-1-3-11(12)13-18-20-21-19-13/h5-7,11-12H,1-4H2,(H,17,22)(H,18,19,20,21)/t11-,12+/m1/s1. The van der Waals surface area contributed by atoms with Crippen LogP contribution < -0.4 is 5.32 Å². The maximum absolute atomic E-state index is 12.6. The first-order valence-corrected chi connectivity index (χ1v) is 7.89. The van der Waals surface area contributed by atoms with Crippen LogP contribution in [0.1, 0.15) is 37.4 Å². The van der Waals surface area contributed by atoms with E-state index in [1.807, 2.05) is 0 Å². The van der Waals surface area contributed by atoms with Crippen molar-refractivity contribution in [3.8, 4) is 0 Å². The number of anilines is 1. The number of nitrogens with one attached hydrogen (secondary N) is 2. The van der Waals surface area contributed by atoms with E-state index in [-0.39, 0.29) is 17.7 Å². The molecular formula is C14H15Cl2N5O. The lowest BCUT2D eigenvalue weighted by atomic mass is 9.78. The summed E-state index contributed by atoms with van der Waals surface area (Å²) in [6.07, 6.45) is 3.77. The number of hydrogen-bond acceptors (Lipinski definition) is 4. The smallest absolute Gasteiger partial charge is 0.228 e. The van der Waals surface area contributed by atoms with Gasteiger partial charge >= 0.3 is 0 Å². The fourth-order valence-electron chi connectivity index (χ4n) is 2.94. The van der Waals surface area contributed by atoms with Gasteiger partial charge in [0.2, 0.25) is 5.91 Å². The molecule has 116 valence electrons. The summed E-state index contributed by atoms with van der Waals surface area (Å²) < 4.78 is 0. The van der Waals surface area contributed by atoms with E-state index in [1.54, 1.807) is 18.2 Å². The SMILES string of the molecule is O=C(Nc1cc(Cl)cc(Cl)c1)[C@H]1CCCC[C@H]1c1nn[nH]n1. The number of benzene rings is 1. The number of carbonyl (C=O) groups is 1. The molecule has 1 saturated carbocycles. The van der Waals surface area contributed by atoms with Gasteiger partial charge in [-0.2, -0.15) is 5.21 Å². The highest BCUT2D eigenvalue weighted by atomic mass is 35.5. The third-order valence-corrected chi connectivity index (χ3v) is 4.36. The second-order valence-electron chi connectivity index (χ2n) is 5.41. The van der Waals surface area contributed by atoms with Crippen LogP contribution in [0.4, 0.5) is 5.69 Å². The number of amides is 1. The van der Waals surface area contributed by atoms with Gasteiger partial charge in [-0.3, -0.25) is 4.79 Å². The Kier molecular flexibility index (Phi) is 4.59. The summed E-state index contributed by atoms with van der Waals surface area (Å²) in [4.78, 5) is 12.6. The zero-order valence-electron chi connectivity index (χ0n) is 11.7. The van der Waals surface area contributed by atoms with Crippen molar-refractivity contribution in [2.45, 2.75) is 31.6 Å². The third-order valence-electron chi connectivity index (χ3n) is 3.93. The van der Waals surface area contributed by atoms with Gasteiger partial charge in [0.05, 0.1) is 0 Å². The van der Waals surface area contributed by atoms with Gasteiger partial charge < -0.3 is 5.32 Å². The van der Waals surface area contributed by atoms with E-state index in [0.717, 1.165) is 25.7 Å². The van der Waals surface area contributed by atoms with Gasteiger partial charge in [-0.05, 0) is 31.0 Å². The Balaban J connectivity index is 1.77. The molecule has 1 heterocycles. The zero-order valence-corrected chi connectivity index (χ0v) is 13.2. The molecule has 0 saturated heterocycles. The second-order valence-corrected chi connectivity index (χ2v) is 6.29. The molecule has 1 fully saturated rings. The quantitative estimate of drug-likeness (QED) is 0.897. The van der Waals surface area contributed by atoms with E-state index in [0.29, 0.717) is 21.6 Å². The average Bonchev–Trinajstić information content (AvgIpc) is 3.00. The molecule has 0 bridgehead atoms. The predicted octanol–water partition coefficient (Wildman–Crippen LogP) is 3.42. The topological polar surface area (TPSA) is 83.6 Å². The van der Waals surface area contributed by atoms with Crippen molar-refractivity contribution in [3.63, 3.8) is 0 Å². The molecule has 8 heteroatoms. The summed E-state index contributed by atoms with van der Waals surface area (Å²) in [5.41, 5.74) is 0.597. The van der Waals surface area contributed by atoms with Crippen LogP contribution >= 0.6 is 23.2 Å². The number of halogens is 2. The fourth-order valence-corrected chi connectivity index (χ4v) is 3.47. The molecule has 0 spiro atoms. The number of tetrazole rings is 1. The monoisotopic (exact) mass is 339 g/mol. The second kappa shape index (κ2) is 6.62. The minimum absolute atomic E-state index is 0.0119. The number of aromatic nitrogens is 4. The van der Waals surface area contributed by atoms with Crippen LogP contribution in [-0.4, -0.2) is 26.5 Å². The molecule has 1 aromatic heterocycles. The Hall–Kier alpha value is -1.66. The van der Waals surface area contributed by atoms with Crippen molar-refractivity contribution < 1.29 is 4.79 Å². The van der Waals surface area contributed by atoms with Crippen LogP contribution in [-0.2, 0) is 4.79 Å². The van der Waals surface area contributed by atoms with Gasteiger partial charge in [-0.1, -0.05) is 41.3 Å². The third kappa shape index (κ3) is 3.39. The van der Waals surface area contributed by atoms with Crippen LogP contribution in [0.25, 0.3) is 0 Å². The van der Waals surface area contributed by atoms with Crippen LogP contribution in [0.5, 0.6) is 0 Å². The Morgan fingerprint density at radius 2 is 1.91 bits per heavy atom. The number of rotatable bonds is 3. The molecule has 1 aliphatic carbocycles. The largest absolute Gasteiger partial charge is 0.326 e. The van der Waals surface area contributed by atoms with Crippen molar-refractivity contribution in [2.24, 2.45) is 5.92 Å². The lowest BCUT2D eigenvalue weighted by Crippen LogP contribution is -2.31. The minimum Gasteiger partial charge on any atom is -0.326 e. The van der Waals surface area contributed by atoms with Crippen LogP contribution in [0.15, 0.2) is 18.2 Å². The van der Waals surface area contributed by atoms with E-state index in [9.17, 15) is 4.79 Å². The summed E-state index contributed by atoms with van der Waals surface area (Å²) >= 11 is 11.9. The Morgan fingerprint density at radius 1 is 1.18 bits per heavy atom. The predicted molar refractivity (Wildman–Crippen MR) is 84.0 cm³/mol. The Morgan fingerprint density at radius 3 is 2.59 bits per heavy atom. The van der Waals surface area contributed by atoms with Gasteiger partial charge in [-0.25, -0.2) is 0 Å². The van der Waals surface area contributed by atoms with Crippen molar-refractivity contribution >= 4 is 34.8 Å². The number of carbonyl (C=O) groups excluding carboxylic acids is 1. The van der Waals surface area contributed by atoms with E-state index < -0.39 is 0 Å². The molecule has 1 aliphatic rings. The zero-order chi connectivity index (χ0) is 15.5. The molecule has 1 amide bonds. The highest BCUT2D eigenvalue weighted by molar-refractivity contribution is 6.35. The minimum atomic E-state index is -0.177. The first-order chi connectivity index (χ1) is 10.6. The molecule has 2 N–H and O–H groups in total. The lowest BCUT2D eigenvalue weighted by molar-refractivity contribution is -0.121. The lowest BCUT2D eigenvalue weighted by Gasteiger charge is -2.28. The van der Waals surface area contributed by atoms with Gasteiger partial charge in [0, 0.05) is 27.6 Å². The van der Waals surface area contributed by atoms with Crippen molar-refractivity contribution in [1.82, 2.24) is 20.6 Å². The highest BCUT2D eigenvalue weighted by Gasteiger charge is 2.34. The first kappa shape index (κ1) is 15.2. The van der Waals surface area contributed by atoms with Gasteiger partial charge in [-0.15, -0.1) is 10.2 Å². The number of aromatic amines is 1. The van der Waals surface area contributed by atoms with Crippen LogP contribution in [0.2, 0.25) is 10.0 Å². The van der Waals surface area contributed by atoms with Crippen molar-refractivity contribution in [1.29, 1.82) is 0 Å². The molecule has 0 unspecified atom stereocenters. The maximum Gasteiger partial charge on any atom is 0.228 e. The summed E-state index contributed by atoms with van der Waals surface area (Å²) in [6.45, 7) is 0. The summed E-state index contributed by atoms with van der Waals surface area (Å²) in [7, 11) is 0. The normalized spacial score (nSPS) is 21.5. The molecule has 6 nitrogen and oxygen atoms in total. The molecular weight excluding hydrogens is 325 g/mol. The van der Waals surface area contributed by atoms with E-state index in [4.69, 9.17) is 23.2 Å². The number of nitrogens with zero attached hydrogens (tertiary/aromatic N) is 3. The van der Waals surface area contributed by atoms with E-state index >= 15 is 0 Å². The van der Waals surface area contributed by atoms with Crippen LogP contribution in [0, 0.1) is 5.92 Å². The Bertz CT molecular complexity index is 641. The maximum atomic E-state index is 12.6. The molecule has 3 rings (SSSR count). The first-order valence-electron chi connectivity index (χ1n) is 7.14. The number of H-pyrrole nitrogens is 1. The Labute approximate surface area is 137 Å². The van der Waals surface area contributed by atoms with E-state index in [2.05, 4.69) is 25.9 Å². The average molecular weight is 340 g/mol. The van der Waals surface area contributed by atoms with E-state index in [1.165, 1.54) is 0 Å². The summed E-state index contributed by atoms with van der Waals surface area (Å²) in [6, 6.07) is 4.98. The molecule has 0 radical (unpaired) electrons. The molecule has 22 heavy (non-hydrogen) atoms. The summed E-state index contributed by atoms with van der Waals surface area (Å²) in [5.74, 6) is 0.350. The van der Waals surface area contributed by atoms with Crippen molar-refractivity contribution in [3.05, 3.63) is 34.1 Å². The number of hydrogen-bond donors (Lipinski definition) is 2. The molecule has 1 aromatic carbocycles. The molecule has 0 aliphatic heterocycles. The van der Waals surface area contributed by atoms with Crippen molar-refractivity contribution in [2.75, 3.05) is 5.32 Å². The summed E-state index contributed by atoms with van der Waals surface area (Å²) in [5, 5.41) is 18.0. The van der Waals surface area contributed by atoms with Crippen LogP contribution in [0.3, 0.4) is 0 Å². The van der Waals surface area contributed by atoms with Gasteiger partial charge in [0.1, 0.15) is 0 Å². The molecule has 2 aromatic rings. The van der Waals surface area contributed by atoms with Gasteiger partial charge in [0.25, 0.3) is 0 Å². The highest BCUT2D eigenvalue weighted by Crippen LogP contribution is 2.36.